The molecule has 0 fully saturated rings. The molecule has 0 radical (unpaired) electrons. The number of rotatable bonds is 10. The topological polar surface area (TPSA) is 174 Å². The van der Waals surface area contributed by atoms with Crippen molar-refractivity contribution in [1.82, 2.24) is 29.1 Å². The molecule has 96 heavy (non-hydrogen) atoms. The molecular formula is C82H40N14. The lowest BCUT2D eigenvalue weighted by atomic mass is 9.96. The lowest BCUT2D eigenvalue weighted by molar-refractivity contribution is 1.07. The smallest absolute Gasteiger partial charge is 0.196 e. The highest BCUT2D eigenvalue weighted by atomic mass is 15.0. The summed E-state index contributed by atoms with van der Waals surface area (Å²) in [6.07, 6.45) is 3.61. The molecule has 15 rings (SSSR count). The minimum atomic E-state index is 0.327. The Hall–Kier alpha value is -14.9. The standard InChI is InChI=1S/C82H40N14/c1-87-60-22-27-63(59(37-60)47-86)54-19-30-76-68(39-54)70-41-56(65-28-23-61(88-2)43-73(65)90-4)21-32-77(70)96(76)79-42-57(82-93-80(51-11-7-5-8-12-51)92-81(94-82)52-13-9-6-10-14-52)17-26-66(79)71-48-91-34-33-78(71)95-74-29-18-53(62-24-15-49(44-83)35-58(62)46-85)38-67(74)69-40-55(20-31-75(69)95)64-25-16-50(45-84)36-72(64)89-3/h5-43,48H. The molecule has 4 heterocycles. The van der Waals surface area contributed by atoms with Crippen molar-refractivity contribution in [1.29, 1.82) is 21.0 Å². The Morgan fingerprint density at radius 3 is 1.23 bits per heavy atom. The summed E-state index contributed by atoms with van der Waals surface area (Å²) >= 11 is 0. The van der Waals surface area contributed by atoms with Crippen LogP contribution in [0.1, 0.15) is 22.3 Å². The van der Waals surface area contributed by atoms with Crippen molar-refractivity contribution in [2.24, 2.45) is 0 Å². The number of fused-ring (bicyclic) bond motifs is 6. The second kappa shape index (κ2) is 23.8. The zero-order valence-electron chi connectivity index (χ0n) is 50.4. The van der Waals surface area contributed by atoms with Crippen LogP contribution in [0.2, 0.25) is 0 Å². The predicted molar refractivity (Wildman–Crippen MR) is 374 cm³/mol. The Labute approximate surface area is 549 Å². The minimum Gasteiger partial charge on any atom is -0.309 e. The monoisotopic (exact) mass is 1220 g/mol. The van der Waals surface area contributed by atoms with Gasteiger partial charge in [0.15, 0.2) is 40.2 Å². The van der Waals surface area contributed by atoms with Gasteiger partial charge < -0.3 is 9.13 Å². The molecule has 14 heteroatoms. The van der Waals surface area contributed by atoms with E-state index < -0.39 is 0 Å². The number of nitriles is 4. The fraction of sp³-hybridized carbons (Fsp3) is 0. The van der Waals surface area contributed by atoms with Crippen LogP contribution in [0, 0.1) is 71.6 Å². The SMILES string of the molecule is [C-]#[N+]c1ccc(-c2ccc3c(c2)c2cc(-c4ccc([N+]#[C-])cc4[N+]#[C-])ccc2n3-c2cc(-c3nc(-c4ccccc4)nc(-c4ccccc4)n3)ccc2-c2cnccc2-n2c3ccc(-c4ccc(C#N)cc4C#N)cc3c3cc(-c4ccc(C#N)cc4[N+]#[C-])ccc32)c(C#N)c1. The van der Waals surface area contributed by atoms with Crippen LogP contribution in [0.3, 0.4) is 0 Å². The quantitative estimate of drug-likeness (QED) is 0.122. The number of aromatic nitrogens is 6. The van der Waals surface area contributed by atoms with Crippen molar-refractivity contribution >= 4 is 66.4 Å². The third-order valence-electron chi connectivity index (χ3n) is 17.3. The molecule has 0 aliphatic heterocycles. The second-order valence-electron chi connectivity index (χ2n) is 22.6. The maximum Gasteiger partial charge on any atom is 0.196 e. The van der Waals surface area contributed by atoms with Gasteiger partial charge in [0.2, 0.25) is 0 Å². The molecule has 438 valence electrons. The molecule has 0 unspecified atom stereocenters. The normalized spacial score (nSPS) is 10.8. The molecular weight excluding hydrogens is 1180 g/mol. The van der Waals surface area contributed by atoms with Crippen LogP contribution >= 0.6 is 0 Å². The number of hydrogen-bond donors (Lipinski definition) is 0. The van der Waals surface area contributed by atoms with Crippen LogP contribution in [0.4, 0.5) is 22.7 Å². The van der Waals surface area contributed by atoms with Gasteiger partial charge in [-0.25, -0.2) is 34.3 Å². The van der Waals surface area contributed by atoms with Crippen molar-refractivity contribution in [2.45, 2.75) is 0 Å². The first-order valence-electron chi connectivity index (χ1n) is 30.0. The molecule has 14 nitrogen and oxygen atoms in total. The highest BCUT2D eigenvalue weighted by molar-refractivity contribution is 6.14. The predicted octanol–water partition coefficient (Wildman–Crippen LogP) is 20.5. The van der Waals surface area contributed by atoms with Gasteiger partial charge >= 0.3 is 0 Å². The number of nitrogens with zero attached hydrogens (tertiary/aromatic N) is 14. The van der Waals surface area contributed by atoms with Gasteiger partial charge in [0, 0.05) is 72.9 Å². The summed E-state index contributed by atoms with van der Waals surface area (Å²) in [6.45, 7) is 31.9. The van der Waals surface area contributed by atoms with Crippen molar-refractivity contribution in [3.05, 3.63) is 311 Å². The minimum absolute atomic E-state index is 0.327. The van der Waals surface area contributed by atoms with E-state index >= 15 is 0 Å². The summed E-state index contributed by atoms with van der Waals surface area (Å²) in [6, 6.07) is 81.4. The third-order valence-corrected chi connectivity index (χ3v) is 17.3. The van der Waals surface area contributed by atoms with Gasteiger partial charge in [-0.2, -0.15) is 21.0 Å². The van der Waals surface area contributed by atoms with Gasteiger partial charge in [-0.1, -0.05) is 140 Å². The zero-order valence-corrected chi connectivity index (χ0v) is 50.4. The van der Waals surface area contributed by atoms with E-state index in [0.29, 0.717) is 96.0 Å². The van der Waals surface area contributed by atoms with Crippen molar-refractivity contribution < 1.29 is 0 Å². The Kier molecular flexibility index (Phi) is 14.3. The average molecular weight is 1220 g/mol. The van der Waals surface area contributed by atoms with Gasteiger partial charge in [0.05, 0.1) is 95.1 Å². The Morgan fingerprint density at radius 1 is 0.312 bits per heavy atom. The van der Waals surface area contributed by atoms with Crippen molar-refractivity contribution in [2.75, 3.05) is 0 Å². The average Bonchev–Trinajstić information content (AvgIpc) is 1.56. The van der Waals surface area contributed by atoms with Gasteiger partial charge in [-0.05, 0) is 136 Å². The molecule has 0 amide bonds. The van der Waals surface area contributed by atoms with E-state index in [4.69, 9.17) is 46.2 Å². The van der Waals surface area contributed by atoms with Crippen LogP contribution in [0.5, 0.6) is 0 Å². The molecule has 0 saturated heterocycles. The fourth-order valence-corrected chi connectivity index (χ4v) is 12.8. The zero-order chi connectivity index (χ0) is 65.6. The second-order valence-corrected chi connectivity index (χ2v) is 22.6. The van der Waals surface area contributed by atoms with E-state index in [1.54, 1.807) is 72.9 Å². The van der Waals surface area contributed by atoms with Crippen LogP contribution in [-0.2, 0) is 0 Å². The summed E-state index contributed by atoms with van der Waals surface area (Å²) in [4.78, 5) is 35.3. The number of benzene rings is 11. The summed E-state index contributed by atoms with van der Waals surface area (Å²) in [5.74, 6) is 1.37. The van der Waals surface area contributed by atoms with Crippen molar-refractivity contribution in [3.63, 3.8) is 0 Å². The third kappa shape index (κ3) is 9.87. The first-order valence-corrected chi connectivity index (χ1v) is 30.0. The van der Waals surface area contributed by atoms with E-state index in [9.17, 15) is 21.0 Å². The largest absolute Gasteiger partial charge is 0.309 e. The highest BCUT2D eigenvalue weighted by Gasteiger charge is 2.25. The molecule has 15 aromatic rings. The molecule has 0 aliphatic carbocycles. The fourth-order valence-electron chi connectivity index (χ4n) is 12.8. The molecule has 0 atom stereocenters. The molecule has 0 saturated carbocycles. The number of hydrogen-bond acceptors (Lipinski definition) is 8. The maximum atomic E-state index is 10.5. The van der Waals surface area contributed by atoms with Crippen LogP contribution < -0.4 is 0 Å². The maximum absolute atomic E-state index is 10.5. The van der Waals surface area contributed by atoms with Crippen LogP contribution in [-0.4, -0.2) is 29.1 Å². The van der Waals surface area contributed by atoms with Gasteiger partial charge in [-0.15, -0.1) is 0 Å². The molecule has 0 bridgehead atoms. The first-order chi connectivity index (χ1) is 47.2. The molecule has 4 aromatic heterocycles. The van der Waals surface area contributed by atoms with Crippen LogP contribution in [0.25, 0.3) is 164 Å². The van der Waals surface area contributed by atoms with Gasteiger partial charge in [-0.3, -0.25) is 4.98 Å². The van der Waals surface area contributed by atoms with Gasteiger partial charge in [0.25, 0.3) is 0 Å². The summed E-state index contributed by atoms with van der Waals surface area (Å²) in [7, 11) is 0. The summed E-state index contributed by atoms with van der Waals surface area (Å²) < 4.78 is 4.40. The molecule has 0 spiro atoms. The molecule has 0 N–H and O–H groups in total. The van der Waals surface area contributed by atoms with E-state index in [2.05, 4.69) is 89.2 Å². The number of pyridine rings is 1. The first kappa shape index (κ1) is 57.5. The Balaban J connectivity index is 1.03. The van der Waals surface area contributed by atoms with Crippen molar-refractivity contribution in [3.8, 4) is 125 Å². The lowest BCUT2D eigenvalue weighted by Gasteiger charge is -2.19. The lowest BCUT2D eigenvalue weighted by Crippen LogP contribution is -2.04. The molecule has 0 aliphatic rings. The van der Waals surface area contributed by atoms with Gasteiger partial charge in [0.1, 0.15) is 0 Å². The van der Waals surface area contributed by atoms with E-state index in [1.165, 1.54) is 0 Å². The highest BCUT2D eigenvalue weighted by Crippen LogP contribution is 2.47. The Morgan fingerprint density at radius 2 is 0.729 bits per heavy atom. The van der Waals surface area contributed by atoms with E-state index in [0.717, 1.165) is 93.8 Å². The summed E-state index contributed by atoms with van der Waals surface area (Å²) in [5, 5.41) is 43.9. The van der Waals surface area contributed by atoms with Crippen LogP contribution in [0.15, 0.2) is 243 Å². The summed E-state index contributed by atoms with van der Waals surface area (Å²) in [5.41, 5.74) is 16.7. The van der Waals surface area contributed by atoms with E-state index in [-0.39, 0.29) is 0 Å². The Bertz CT molecular complexity index is 5880. The van der Waals surface area contributed by atoms with E-state index in [1.807, 2.05) is 134 Å². The molecule has 11 aromatic carbocycles.